The molecule has 0 aromatic heterocycles. The van der Waals surface area contributed by atoms with Crippen LogP contribution in [-0.4, -0.2) is 20.1 Å². The van der Waals surface area contributed by atoms with Gasteiger partial charge in [0.1, 0.15) is 0 Å². The molecule has 54 valence electrons. The van der Waals surface area contributed by atoms with Crippen molar-refractivity contribution in [3.63, 3.8) is 0 Å². The fraction of sp³-hybridized carbons (Fsp3) is 1.00. The zero-order valence-corrected chi connectivity index (χ0v) is 6.42. The van der Waals surface area contributed by atoms with Crippen LogP contribution in [0.3, 0.4) is 0 Å². The Balaban J connectivity index is 4.23. The minimum Gasteiger partial charge on any atom is -0.321 e. The van der Waals surface area contributed by atoms with Gasteiger partial charge < -0.3 is 9.79 Å². The van der Waals surface area contributed by atoms with E-state index in [0.717, 1.165) is 6.92 Å². The molecule has 0 rings (SSSR count). The molecule has 0 radical (unpaired) electrons. The molecular formula is C2H7O5P2+. The summed E-state index contributed by atoms with van der Waals surface area (Å²) in [6, 6.07) is 0. The van der Waals surface area contributed by atoms with Crippen LogP contribution in [0, 0.1) is 0 Å². The molecule has 0 amide bonds. The standard InChI is InChI=1S/C2H6O5P2/c1-2(8(3)4)9(5,6)7/h2H,1H3,(H2-,3,4,5,6,7)/p+1. The molecule has 0 spiro atoms. The monoisotopic (exact) mass is 173 g/mol. The summed E-state index contributed by atoms with van der Waals surface area (Å²) < 4.78 is 20.1. The Morgan fingerprint density at radius 2 is 1.89 bits per heavy atom. The van der Waals surface area contributed by atoms with E-state index in [2.05, 4.69) is 0 Å². The van der Waals surface area contributed by atoms with Gasteiger partial charge in [-0.1, -0.05) is 0 Å². The average Bonchev–Trinajstić information content (AvgIpc) is 1.62. The maximum absolute atomic E-state index is 10.1. The maximum Gasteiger partial charge on any atom is 0.521 e. The van der Waals surface area contributed by atoms with Crippen molar-refractivity contribution in [2.24, 2.45) is 0 Å². The molecule has 0 saturated carbocycles. The van der Waals surface area contributed by atoms with Crippen LogP contribution in [0.2, 0.25) is 0 Å². The lowest BCUT2D eigenvalue weighted by Crippen LogP contribution is -1.95. The van der Waals surface area contributed by atoms with Gasteiger partial charge in [-0.15, -0.1) is 0 Å². The van der Waals surface area contributed by atoms with Gasteiger partial charge in [0.15, 0.2) is 0 Å². The van der Waals surface area contributed by atoms with Crippen molar-refractivity contribution in [3.05, 3.63) is 0 Å². The highest BCUT2D eigenvalue weighted by Gasteiger charge is 2.40. The highest BCUT2D eigenvalue weighted by molar-refractivity contribution is 7.65. The minimum absolute atomic E-state index is 1.03. The maximum atomic E-state index is 10.1. The van der Waals surface area contributed by atoms with E-state index in [1.54, 1.807) is 0 Å². The average molecular weight is 173 g/mol. The van der Waals surface area contributed by atoms with Crippen molar-refractivity contribution in [1.82, 2.24) is 0 Å². The summed E-state index contributed by atoms with van der Waals surface area (Å²) in [7, 11) is -7.11. The first-order valence-corrected chi connectivity index (χ1v) is 5.02. The molecule has 2 atom stereocenters. The molecule has 0 aliphatic rings. The van der Waals surface area contributed by atoms with Gasteiger partial charge in [0.25, 0.3) is 5.40 Å². The van der Waals surface area contributed by atoms with Crippen LogP contribution in [0.1, 0.15) is 6.92 Å². The van der Waals surface area contributed by atoms with E-state index in [4.69, 9.17) is 14.7 Å². The fourth-order valence-corrected chi connectivity index (χ4v) is 1.16. The van der Waals surface area contributed by atoms with E-state index >= 15 is 0 Å². The largest absolute Gasteiger partial charge is 0.521 e. The van der Waals surface area contributed by atoms with Crippen molar-refractivity contribution in [2.75, 3.05) is 0 Å². The van der Waals surface area contributed by atoms with E-state index in [0.29, 0.717) is 0 Å². The first-order chi connectivity index (χ1) is 3.85. The van der Waals surface area contributed by atoms with E-state index in [1.165, 1.54) is 0 Å². The second-order valence-corrected chi connectivity index (χ2v) is 5.26. The van der Waals surface area contributed by atoms with E-state index in [9.17, 15) is 9.13 Å². The molecule has 0 aliphatic carbocycles. The van der Waals surface area contributed by atoms with Crippen molar-refractivity contribution < 1.29 is 23.8 Å². The SMILES string of the molecule is CC([P+](=O)O)P(=O)(O)O. The molecule has 3 N–H and O–H groups in total. The first-order valence-electron chi connectivity index (χ1n) is 2.06. The molecule has 9 heavy (non-hydrogen) atoms. The van der Waals surface area contributed by atoms with Crippen LogP contribution in [-0.2, 0) is 9.13 Å². The van der Waals surface area contributed by atoms with Crippen LogP contribution in [0.25, 0.3) is 0 Å². The lowest BCUT2D eigenvalue weighted by molar-refractivity contribution is 0.367. The van der Waals surface area contributed by atoms with Crippen molar-refractivity contribution in [2.45, 2.75) is 12.3 Å². The Bertz CT molecular complexity index is 158. The number of hydrogen-bond donors (Lipinski definition) is 3. The molecule has 0 heterocycles. The zero-order chi connectivity index (χ0) is 7.65. The molecule has 5 nitrogen and oxygen atoms in total. The Morgan fingerprint density at radius 1 is 1.56 bits per heavy atom. The Hall–Kier alpha value is 0.210. The van der Waals surface area contributed by atoms with Crippen LogP contribution in [0.4, 0.5) is 0 Å². The molecule has 0 aromatic carbocycles. The summed E-state index contributed by atoms with van der Waals surface area (Å²) in [6.45, 7) is 1.03. The van der Waals surface area contributed by atoms with Gasteiger partial charge in [0.2, 0.25) is 0 Å². The smallest absolute Gasteiger partial charge is 0.321 e. The van der Waals surface area contributed by atoms with Gasteiger partial charge in [0.05, 0.1) is 0 Å². The first kappa shape index (κ1) is 9.21. The van der Waals surface area contributed by atoms with E-state index in [-0.39, 0.29) is 0 Å². The summed E-state index contributed by atoms with van der Waals surface area (Å²) in [4.78, 5) is 24.6. The third-order valence-corrected chi connectivity index (χ3v) is 3.91. The van der Waals surface area contributed by atoms with Crippen molar-refractivity contribution in [1.29, 1.82) is 0 Å². The molecule has 7 heteroatoms. The van der Waals surface area contributed by atoms with E-state index in [1.807, 2.05) is 0 Å². The third kappa shape index (κ3) is 3.04. The van der Waals surface area contributed by atoms with Gasteiger partial charge in [-0.05, 0) is 11.5 Å². The third-order valence-electron chi connectivity index (χ3n) is 0.806. The molecule has 2 unspecified atom stereocenters. The summed E-state index contributed by atoms with van der Waals surface area (Å²) in [5.74, 6) is 0. The second kappa shape index (κ2) is 2.86. The molecule has 0 aromatic rings. The Labute approximate surface area is 52.7 Å². The van der Waals surface area contributed by atoms with Gasteiger partial charge in [-0.2, -0.15) is 4.89 Å². The topological polar surface area (TPSA) is 94.8 Å². The highest BCUT2D eigenvalue weighted by Crippen LogP contribution is 2.50. The number of hydrogen-bond acceptors (Lipinski definition) is 2. The summed E-state index contributed by atoms with van der Waals surface area (Å²) in [5, 5.41) is -1.45. The van der Waals surface area contributed by atoms with Gasteiger partial charge in [-0.25, -0.2) is 0 Å². The van der Waals surface area contributed by atoms with Crippen LogP contribution < -0.4 is 0 Å². The quantitative estimate of drug-likeness (QED) is 0.520. The number of rotatable bonds is 2. The van der Waals surface area contributed by atoms with Crippen molar-refractivity contribution >= 4 is 15.6 Å². The molecule has 0 aliphatic heterocycles. The molecule has 0 saturated heterocycles. The Morgan fingerprint density at radius 3 is 1.89 bits per heavy atom. The van der Waals surface area contributed by atoms with Crippen LogP contribution in [0.5, 0.6) is 0 Å². The molecular weight excluding hydrogens is 166 g/mol. The predicted molar refractivity (Wildman–Crippen MR) is 31.3 cm³/mol. The summed E-state index contributed by atoms with van der Waals surface area (Å²) >= 11 is 0. The second-order valence-electron chi connectivity index (χ2n) is 1.52. The van der Waals surface area contributed by atoms with Crippen LogP contribution in [0.15, 0.2) is 0 Å². The molecule has 0 fully saturated rings. The van der Waals surface area contributed by atoms with E-state index < -0.39 is 21.0 Å². The predicted octanol–water partition coefficient (Wildman–Crippen LogP) is 0.245. The zero-order valence-electron chi connectivity index (χ0n) is 4.63. The highest BCUT2D eigenvalue weighted by atomic mass is 31.2. The Kier molecular flexibility index (Phi) is 2.93. The summed E-state index contributed by atoms with van der Waals surface area (Å²) in [5.41, 5.74) is 0. The summed E-state index contributed by atoms with van der Waals surface area (Å²) in [6.07, 6.45) is 0. The fourth-order valence-electron chi connectivity index (χ4n) is 0.129. The van der Waals surface area contributed by atoms with Gasteiger partial charge >= 0.3 is 15.6 Å². The normalized spacial score (nSPS) is 17.1. The van der Waals surface area contributed by atoms with Gasteiger partial charge in [-0.3, -0.25) is 4.57 Å². The van der Waals surface area contributed by atoms with Crippen LogP contribution >= 0.6 is 15.6 Å². The molecule has 0 bridgehead atoms. The lowest BCUT2D eigenvalue weighted by atomic mass is 11.0. The lowest BCUT2D eigenvalue weighted by Gasteiger charge is -1.98. The van der Waals surface area contributed by atoms with Crippen molar-refractivity contribution in [3.8, 4) is 0 Å². The minimum atomic E-state index is -4.35. The van der Waals surface area contributed by atoms with Gasteiger partial charge in [0, 0.05) is 0 Å².